The minimum absolute atomic E-state index is 0.0324. The summed E-state index contributed by atoms with van der Waals surface area (Å²) < 4.78 is 6.01. The molecule has 2 heterocycles. The lowest BCUT2D eigenvalue weighted by atomic mass is 10.00. The van der Waals surface area contributed by atoms with Crippen LogP contribution in [-0.4, -0.2) is 47.9 Å². The molecule has 1 aliphatic rings. The molecule has 162 valence electrons. The molecule has 0 bridgehead atoms. The highest BCUT2D eigenvalue weighted by molar-refractivity contribution is 7.10. The average Bonchev–Trinajstić information content (AvgIpc) is 3.21. The minimum atomic E-state index is -0.166. The second kappa shape index (κ2) is 10.3. The summed E-state index contributed by atoms with van der Waals surface area (Å²) in [4.78, 5) is 30.2. The number of hydrogen-bond acceptors (Lipinski definition) is 4. The molecule has 3 rings (SSSR count). The maximum absolute atomic E-state index is 13.2. The van der Waals surface area contributed by atoms with Gasteiger partial charge >= 0.3 is 0 Å². The lowest BCUT2D eigenvalue weighted by Gasteiger charge is -2.37. The molecule has 1 aromatic carbocycles. The summed E-state index contributed by atoms with van der Waals surface area (Å²) in [6.07, 6.45) is 1.80. The van der Waals surface area contributed by atoms with Crippen molar-refractivity contribution in [2.24, 2.45) is 5.92 Å². The van der Waals surface area contributed by atoms with Crippen molar-refractivity contribution >= 4 is 34.8 Å². The van der Waals surface area contributed by atoms with Gasteiger partial charge < -0.3 is 14.5 Å². The van der Waals surface area contributed by atoms with Crippen LogP contribution in [-0.2, 0) is 16.0 Å². The zero-order chi connectivity index (χ0) is 21.7. The van der Waals surface area contributed by atoms with Crippen LogP contribution in [0.5, 0.6) is 5.75 Å². The van der Waals surface area contributed by atoms with Crippen LogP contribution in [0, 0.1) is 5.92 Å². The molecule has 0 unspecified atom stereocenters. The van der Waals surface area contributed by atoms with Crippen LogP contribution in [0.4, 0.5) is 0 Å². The standard InChI is InChI=1S/C23H29ClN2O3S/c1-4-16(2)13-25(17(3)27)14-23(28)26-11-9-22-20(10-12-30-22)21(26)15-29-19-7-5-18(24)6-8-19/h5-8,10,12,16,21H,4,9,11,13-15H2,1-3H3/t16-,21-/m1/s1. The Morgan fingerprint density at radius 3 is 2.70 bits per heavy atom. The quantitative estimate of drug-likeness (QED) is 0.582. The van der Waals surface area contributed by atoms with Gasteiger partial charge in [0.25, 0.3) is 0 Å². The molecular formula is C23H29ClN2O3S. The van der Waals surface area contributed by atoms with Gasteiger partial charge in [-0.05, 0) is 53.6 Å². The lowest BCUT2D eigenvalue weighted by molar-refractivity contribution is -0.142. The Morgan fingerprint density at radius 1 is 1.30 bits per heavy atom. The first kappa shape index (κ1) is 22.6. The van der Waals surface area contributed by atoms with E-state index in [0.29, 0.717) is 30.6 Å². The third-order valence-electron chi connectivity index (χ3n) is 5.64. The first-order chi connectivity index (χ1) is 14.4. The Kier molecular flexibility index (Phi) is 7.78. The van der Waals surface area contributed by atoms with E-state index in [1.54, 1.807) is 28.4 Å². The molecule has 1 aliphatic heterocycles. The van der Waals surface area contributed by atoms with Crippen molar-refractivity contribution in [1.82, 2.24) is 9.80 Å². The van der Waals surface area contributed by atoms with Crippen molar-refractivity contribution in [1.29, 1.82) is 0 Å². The highest BCUT2D eigenvalue weighted by Crippen LogP contribution is 2.34. The van der Waals surface area contributed by atoms with E-state index < -0.39 is 0 Å². The molecule has 0 saturated carbocycles. The predicted octanol–water partition coefficient (Wildman–Crippen LogP) is 4.80. The fourth-order valence-corrected chi connectivity index (χ4v) is 4.70. The van der Waals surface area contributed by atoms with E-state index in [1.807, 2.05) is 17.0 Å². The smallest absolute Gasteiger partial charge is 0.242 e. The number of nitrogens with zero attached hydrogens (tertiary/aromatic N) is 2. The van der Waals surface area contributed by atoms with E-state index in [4.69, 9.17) is 16.3 Å². The van der Waals surface area contributed by atoms with Crippen LogP contribution in [0.15, 0.2) is 35.7 Å². The summed E-state index contributed by atoms with van der Waals surface area (Å²) in [6, 6.07) is 9.15. The highest BCUT2D eigenvalue weighted by atomic mass is 35.5. The predicted molar refractivity (Wildman–Crippen MR) is 121 cm³/mol. The van der Waals surface area contributed by atoms with Crippen molar-refractivity contribution in [2.45, 2.75) is 39.7 Å². The molecule has 5 nitrogen and oxygen atoms in total. The van der Waals surface area contributed by atoms with Crippen molar-refractivity contribution in [2.75, 3.05) is 26.2 Å². The van der Waals surface area contributed by atoms with E-state index in [-0.39, 0.29) is 24.4 Å². The largest absolute Gasteiger partial charge is 0.491 e. The molecule has 0 aliphatic carbocycles. The van der Waals surface area contributed by atoms with E-state index in [2.05, 4.69) is 25.3 Å². The van der Waals surface area contributed by atoms with Gasteiger partial charge in [0.1, 0.15) is 12.4 Å². The van der Waals surface area contributed by atoms with Crippen LogP contribution < -0.4 is 4.74 Å². The number of ether oxygens (including phenoxy) is 1. The van der Waals surface area contributed by atoms with Gasteiger partial charge in [0.15, 0.2) is 0 Å². The van der Waals surface area contributed by atoms with E-state index in [1.165, 1.54) is 11.8 Å². The fraction of sp³-hybridized carbons (Fsp3) is 0.478. The Bertz CT molecular complexity index is 868. The molecule has 0 N–H and O–H groups in total. The zero-order valence-corrected chi connectivity index (χ0v) is 19.3. The van der Waals surface area contributed by atoms with Crippen molar-refractivity contribution in [3.63, 3.8) is 0 Å². The number of rotatable bonds is 8. The van der Waals surface area contributed by atoms with Crippen LogP contribution in [0.3, 0.4) is 0 Å². The Morgan fingerprint density at radius 2 is 2.03 bits per heavy atom. The van der Waals surface area contributed by atoms with E-state index >= 15 is 0 Å². The van der Waals surface area contributed by atoms with Crippen molar-refractivity contribution in [3.05, 3.63) is 51.2 Å². The molecule has 7 heteroatoms. The first-order valence-electron chi connectivity index (χ1n) is 10.4. The third kappa shape index (κ3) is 5.55. The van der Waals surface area contributed by atoms with Crippen molar-refractivity contribution < 1.29 is 14.3 Å². The summed E-state index contributed by atoms with van der Waals surface area (Å²) in [7, 11) is 0. The Hall–Kier alpha value is -2.05. The number of hydrogen-bond donors (Lipinski definition) is 0. The number of amides is 2. The van der Waals surface area contributed by atoms with Crippen LogP contribution in [0.25, 0.3) is 0 Å². The fourth-order valence-electron chi connectivity index (χ4n) is 3.64. The number of thiophene rings is 1. The molecule has 30 heavy (non-hydrogen) atoms. The van der Waals surface area contributed by atoms with Gasteiger partial charge in [-0.2, -0.15) is 0 Å². The van der Waals surface area contributed by atoms with Gasteiger partial charge in [0.05, 0.1) is 12.6 Å². The number of carbonyl (C=O) groups excluding carboxylic acids is 2. The highest BCUT2D eigenvalue weighted by Gasteiger charge is 2.33. The van der Waals surface area contributed by atoms with Crippen LogP contribution >= 0.6 is 22.9 Å². The van der Waals surface area contributed by atoms with E-state index in [9.17, 15) is 9.59 Å². The number of halogens is 1. The van der Waals surface area contributed by atoms with Gasteiger partial charge in [-0.25, -0.2) is 0 Å². The monoisotopic (exact) mass is 448 g/mol. The summed E-state index contributed by atoms with van der Waals surface area (Å²) >= 11 is 7.68. The van der Waals surface area contributed by atoms with Crippen molar-refractivity contribution in [3.8, 4) is 5.75 Å². The van der Waals surface area contributed by atoms with Gasteiger partial charge in [0.2, 0.25) is 11.8 Å². The summed E-state index contributed by atoms with van der Waals surface area (Å²) in [5.41, 5.74) is 1.14. The van der Waals surface area contributed by atoms with Gasteiger partial charge in [-0.15, -0.1) is 11.3 Å². The molecule has 0 saturated heterocycles. The molecule has 0 radical (unpaired) electrons. The maximum atomic E-state index is 13.2. The molecule has 2 atom stereocenters. The minimum Gasteiger partial charge on any atom is -0.491 e. The molecule has 2 aromatic rings. The van der Waals surface area contributed by atoms with Gasteiger partial charge in [-0.3, -0.25) is 9.59 Å². The summed E-state index contributed by atoms with van der Waals surface area (Å²) in [5.74, 6) is 0.979. The molecule has 2 amide bonds. The molecule has 0 fully saturated rings. The third-order valence-corrected chi connectivity index (χ3v) is 6.89. The first-order valence-corrected chi connectivity index (χ1v) is 11.6. The topological polar surface area (TPSA) is 49.9 Å². The lowest BCUT2D eigenvalue weighted by Crippen LogP contribution is -2.48. The zero-order valence-electron chi connectivity index (χ0n) is 17.8. The van der Waals surface area contributed by atoms with E-state index in [0.717, 1.165) is 24.2 Å². The SMILES string of the molecule is CC[C@@H](C)CN(CC(=O)N1CCc2sccc2[C@H]1COc1ccc(Cl)cc1)C(C)=O. The van der Waals surface area contributed by atoms with Gasteiger partial charge in [-0.1, -0.05) is 31.9 Å². The normalized spacial score (nSPS) is 16.7. The summed E-state index contributed by atoms with van der Waals surface area (Å²) in [5, 5.41) is 2.72. The van der Waals surface area contributed by atoms with Crippen LogP contribution in [0.2, 0.25) is 5.02 Å². The number of benzene rings is 1. The second-order valence-electron chi connectivity index (χ2n) is 7.83. The average molecular weight is 449 g/mol. The molecular weight excluding hydrogens is 420 g/mol. The Labute approximate surface area is 187 Å². The number of fused-ring (bicyclic) bond motifs is 1. The second-order valence-corrected chi connectivity index (χ2v) is 9.27. The van der Waals surface area contributed by atoms with Gasteiger partial charge in [0, 0.05) is 29.9 Å². The summed E-state index contributed by atoms with van der Waals surface area (Å²) in [6.45, 7) is 7.43. The maximum Gasteiger partial charge on any atom is 0.242 e. The molecule has 0 spiro atoms. The number of carbonyl (C=O) groups is 2. The molecule has 1 aromatic heterocycles. The Balaban J connectivity index is 1.74. The van der Waals surface area contributed by atoms with Crippen LogP contribution in [0.1, 0.15) is 43.7 Å².